The molecule has 0 aliphatic carbocycles. The van der Waals surface area contributed by atoms with Crippen molar-refractivity contribution >= 4 is 23.8 Å². The predicted molar refractivity (Wildman–Crippen MR) is 81.2 cm³/mol. The lowest BCUT2D eigenvalue weighted by molar-refractivity contribution is -0.139. The van der Waals surface area contributed by atoms with Crippen LogP contribution in [0.25, 0.3) is 0 Å². The molecule has 7 heteroatoms. The first-order valence-electron chi connectivity index (χ1n) is 7.04. The zero-order valence-electron chi connectivity index (χ0n) is 12.2. The van der Waals surface area contributed by atoms with E-state index in [9.17, 15) is 9.59 Å². The number of rotatable bonds is 8. The van der Waals surface area contributed by atoms with Crippen molar-refractivity contribution in [2.24, 2.45) is 0 Å². The summed E-state index contributed by atoms with van der Waals surface area (Å²) in [6.45, 7) is 4.92. The Morgan fingerprint density at radius 1 is 1.30 bits per heavy atom. The van der Waals surface area contributed by atoms with Gasteiger partial charge in [-0.1, -0.05) is 0 Å². The number of likely N-dealkylation sites (tertiary alicyclic amines) is 1. The minimum absolute atomic E-state index is 0.0168. The maximum Gasteiger partial charge on any atom is 0.326 e. The Morgan fingerprint density at radius 3 is 2.50 bits per heavy atom. The number of thioether (sulfide) groups is 1. The number of carbonyl (C=O) groups excluding carboxylic acids is 1. The fraction of sp³-hybridized carbons (Fsp3) is 0.846. The number of aliphatic carboxylic acids is 1. The predicted octanol–water partition coefficient (Wildman–Crippen LogP) is 0.976. The number of hydrogen-bond donors (Lipinski definition) is 3. The maximum absolute atomic E-state index is 11.8. The van der Waals surface area contributed by atoms with E-state index in [-0.39, 0.29) is 6.04 Å². The lowest BCUT2D eigenvalue weighted by Gasteiger charge is -2.22. The Labute approximate surface area is 124 Å². The van der Waals surface area contributed by atoms with Crippen molar-refractivity contribution in [2.45, 2.75) is 38.3 Å². The molecule has 1 heterocycles. The topological polar surface area (TPSA) is 81.7 Å². The van der Waals surface area contributed by atoms with Crippen LogP contribution >= 0.6 is 11.8 Å². The summed E-state index contributed by atoms with van der Waals surface area (Å²) in [5.41, 5.74) is 0. The van der Waals surface area contributed by atoms with Gasteiger partial charge in [-0.15, -0.1) is 0 Å². The number of carboxylic acids is 1. The van der Waals surface area contributed by atoms with E-state index in [0.29, 0.717) is 12.2 Å². The van der Waals surface area contributed by atoms with Gasteiger partial charge in [0.05, 0.1) is 0 Å². The first-order chi connectivity index (χ1) is 9.52. The lowest BCUT2D eigenvalue weighted by atomic mass is 10.2. The molecule has 0 radical (unpaired) electrons. The monoisotopic (exact) mass is 303 g/mol. The van der Waals surface area contributed by atoms with Crippen LogP contribution in [0.2, 0.25) is 0 Å². The van der Waals surface area contributed by atoms with Gasteiger partial charge in [-0.25, -0.2) is 9.59 Å². The van der Waals surface area contributed by atoms with Crippen LogP contribution in [0.3, 0.4) is 0 Å². The van der Waals surface area contributed by atoms with Crippen LogP contribution in [-0.4, -0.2) is 65.7 Å². The van der Waals surface area contributed by atoms with E-state index >= 15 is 0 Å². The second-order valence-corrected chi connectivity index (χ2v) is 6.18. The number of nitrogens with one attached hydrogen (secondary N) is 2. The summed E-state index contributed by atoms with van der Waals surface area (Å²) < 4.78 is 0. The van der Waals surface area contributed by atoms with Gasteiger partial charge in [0.2, 0.25) is 0 Å². The molecule has 1 fully saturated rings. The van der Waals surface area contributed by atoms with Crippen molar-refractivity contribution in [1.82, 2.24) is 15.5 Å². The zero-order chi connectivity index (χ0) is 15.0. The van der Waals surface area contributed by atoms with E-state index in [4.69, 9.17) is 5.11 Å². The first kappa shape index (κ1) is 17.1. The SMILES string of the molecule is CSCC[C@@H](NC(=O)NC(C)CN1CCCC1)C(=O)O. The van der Waals surface area contributed by atoms with Crippen LogP contribution in [0.15, 0.2) is 0 Å². The molecule has 6 nitrogen and oxygen atoms in total. The van der Waals surface area contributed by atoms with Gasteiger partial charge in [0.25, 0.3) is 0 Å². The molecule has 0 aromatic carbocycles. The molecule has 2 amide bonds. The molecule has 1 saturated heterocycles. The lowest BCUT2D eigenvalue weighted by Crippen LogP contribution is -2.50. The van der Waals surface area contributed by atoms with Crippen LogP contribution in [0.1, 0.15) is 26.2 Å². The molecular weight excluding hydrogens is 278 g/mol. The second-order valence-electron chi connectivity index (χ2n) is 5.20. The van der Waals surface area contributed by atoms with Crippen LogP contribution in [-0.2, 0) is 4.79 Å². The van der Waals surface area contributed by atoms with Gasteiger partial charge < -0.3 is 20.6 Å². The molecule has 0 aromatic rings. The number of nitrogens with zero attached hydrogens (tertiary/aromatic N) is 1. The molecule has 116 valence electrons. The summed E-state index contributed by atoms with van der Waals surface area (Å²) in [6.07, 6.45) is 4.78. The summed E-state index contributed by atoms with van der Waals surface area (Å²) in [7, 11) is 0. The second kappa shape index (κ2) is 9.07. The molecule has 1 unspecified atom stereocenters. The summed E-state index contributed by atoms with van der Waals surface area (Å²) >= 11 is 1.57. The van der Waals surface area contributed by atoms with Gasteiger partial charge in [0.1, 0.15) is 6.04 Å². The average molecular weight is 303 g/mol. The summed E-state index contributed by atoms with van der Waals surface area (Å²) in [5.74, 6) is -0.276. The third kappa shape index (κ3) is 6.47. The molecule has 1 aliphatic heterocycles. The molecule has 1 rings (SSSR count). The van der Waals surface area contributed by atoms with E-state index in [1.165, 1.54) is 12.8 Å². The van der Waals surface area contributed by atoms with E-state index in [2.05, 4.69) is 15.5 Å². The maximum atomic E-state index is 11.8. The quantitative estimate of drug-likeness (QED) is 0.622. The highest BCUT2D eigenvalue weighted by Crippen LogP contribution is 2.07. The Hall–Kier alpha value is -0.950. The summed E-state index contributed by atoms with van der Waals surface area (Å²) in [5, 5.41) is 14.4. The van der Waals surface area contributed by atoms with Gasteiger partial charge in [-0.3, -0.25) is 0 Å². The van der Waals surface area contributed by atoms with Crippen molar-refractivity contribution in [3.8, 4) is 0 Å². The van der Waals surface area contributed by atoms with E-state index < -0.39 is 18.0 Å². The van der Waals surface area contributed by atoms with Crippen molar-refractivity contribution in [3.63, 3.8) is 0 Å². The molecule has 0 bridgehead atoms. The summed E-state index contributed by atoms with van der Waals surface area (Å²) in [6, 6.07) is -1.20. The van der Waals surface area contributed by atoms with E-state index in [0.717, 1.165) is 19.6 Å². The van der Waals surface area contributed by atoms with E-state index in [1.807, 2.05) is 13.2 Å². The fourth-order valence-corrected chi connectivity index (χ4v) is 2.79. The molecule has 2 atom stereocenters. The smallest absolute Gasteiger partial charge is 0.326 e. The molecule has 0 saturated carbocycles. The Balaban J connectivity index is 2.30. The van der Waals surface area contributed by atoms with Crippen LogP contribution in [0.5, 0.6) is 0 Å². The van der Waals surface area contributed by atoms with Crippen molar-refractivity contribution < 1.29 is 14.7 Å². The number of urea groups is 1. The third-order valence-electron chi connectivity index (χ3n) is 3.32. The van der Waals surface area contributed by atoms with Gasteiger partial charge in [0, 0.05) is 12.6 Å². The molecular formula is C13H25N3O3S. The van der Waals surface area contributed by atoms with Gasteiger partial charge in [-0.05, 0) is 51.3 Å². The van der Waals surface area contributed by atoms with Crippen molar-refractivity contribution in [3.05, 3.63) is 0 Å². The van der Waals surface area contributed by atoms with Crippen LogP contribution in [0, 0.1) is 0 Å². The number of hydrogen-bond acceptors (Lipinski definition) is 4. The number of carboxylic acid groups (broad SMARTS) is 1. The van der Waals surface area contributed by atoms with Gasteiger partial charge in [-0.2, -0.15) is 11.8 Å². The highest BCUT2D eigenvalue weighted by Gasteiger charge is 2.21. The number of carbonyl (C=O) groups is 2. The normalized spacial score (nSPS) is 18.5. The number of amides is 2. The Bertz CT molecular complexity index is 322. The molecule has 3 N–H and O–H groups in total. The largest absolute Gasteiger partial charge is 0.480 e. The zero-order valence-corrected chi connectivity index (χ0v) is 13.0. The van der Waals surface area contributed by atoms with Crippen molar-refractivity contribution in [2.75, 3.05) is 31.6 Å². The van der Waals surface area contributed by atoms with Crippen LogP contribution < -0.4 is 10.6 Å². The Morgan fingerprint density at radius 2 is 1.95 bits per heavy atom. The highest BCUT2D eigenvalue weighted by atomic mass is 32.2. The molecule has 20 heavy (non-hydrogen) atoms. The van der Waals surface area contributed by atoms with Crippen LogP contribution in [0.4, 0.5) is 4.79 Å². The van der Waals surface area contributed by atoms with Gasteiger partial charge >= 0.3 is 12.0 Å². The van der Waals surface area contributed by atoms with Gasteiger partial charge in [0.15, 0.2) is 0 Å². The Kier molecular flexibility index (Phi) is 7.76. The standard InChI is InChI=1S/C13H25N3O3S/c1-10(9-16-6-3-4-7-16)14-13(19)15-11(12(17)18)5-8-20-2/h10-11H,3-9H2,1-2H3,(H,17,18)(H2,14,15,19)/t10?,11-/m1/s1. The highest BCUT2D eigenvalue weighted by molar-refractivity contribution is 7.98. The molecule has 1 aliphatic rings. The average Bonchev–Trinajstić information content (AvgIpc) is 2.86. The van der Waals surface area contributed by atoms with Crippen molar-refractivity contribution in [1.29, 1.82) is 0 Å². The molecule has 0 aromatic heterocycles. The minimum Gasteiger partial charge on any atom is -0.480 e. The third-order valence-corrected chi connectivity index (χ3v) is 3.97. The van der Waals surface area contributed by atoms with E-state index in [1.54, 1.807) is 11.8 Å². The first-order valence-corrected chi connectivity index (χ1v) is 8.43. The summed E-state index contributed by atoms with van der Waals surface area (Å²) in [4.78, 5) is 25.2. The molecule has 0 spiro atoms. The minimum atomic E-state index is -0.985. The fourth-order valence-electron chi connectivity index (χ4n) is 2.31.